The first-order chi connectivity index (χ1) is 11.1. The normalized spacial score (nSPS) is 11.8. The lowest BCUT2D eigenvalue weighted by Crippen LogP contribution is -2.24. The Balaban J connectivity index is 2.22. The van der Waals surface area contributed by atoms with E-state index in [1.54, 1.807) is 38.1 Å². The lowest BCUT2D eigenvalue weighted by Gasteiger charge is -2.12. The van der Waals surface area contributed by atoms with E-state index in [2.05, 4.69) is 10.4 Å². The van der Waals surface area contributed by atoms with Crippen molar-refractivity contribution in [3.05, 3.63) is 40.7 Å². The summed E-state index contributed by atoms with van der Waals surface area (Å²) in [6.07, 6.45) is 0. The molecule has 0 saturated carbocycles. The first-order valence-electron chi connectivity index (χ1n) is 7.15. The number of hydrogen-bond donors (Lipinski definition) is 1. The molecule has 130 valence electrons. The molecule has 0 spiro atoms. The number of carbonyl (C=O) groups is 1. The summed E-state index contributed by atoms with van der Waals surface area (Å²) in [6, 6.07) is 6.71. The van der Waals surface area contributed by atoms with Gasteiger partial charge in [-0.25, -0.2) is 12.7 Å². The van der Waals surface area contributed by atoms with Crippen molar-refractivity contribution >= 4 is 33.2 Å². The van der Waals surface area contributed by atoms with E-state index in [-0.39, 0.29) is 17.3 Å². The van der Waals surface area contributed by atoms with Crippen molar-refractivity contribution in [2.75, 3.05) is 19.4 Å². The average Bonchev–Trinajstić information content (AvgIpc) is 2.76. The molecule has 0 aliphatic heterocycles. The smallest absolute Gasteiger partial charge is 0.246 e. The van der Waals surface area contributed by atoms with Crippen LogP contribution in [0.25, 0.3) is 0 Å². The van der Waals surface area contributed by atoms with Crippen LogP contribution in [0, 0.1) is 13.8 Å². The number of hydrogen-bond acceptors (Lipinski definition) is 4. The molecule has 2 rings (SSSR count). The molecule has 0 aliphatic rings. The number of aromatic nitrogens is 2. The molecule has 0 saturated heterocycles. The van der Waals surface area contributed by atoms with E-state index >= 15 is 0 Å². The van der Waals surface area contributed by atoms with Crippen molar-refractivity contribution in [1.29, 1.82) is 0 Å². The van der Waals surface area contributed by atoms with Gasteiger partial charge < -0.3 is 5.32 Å². The van der Waals surface area contributed by atoms with Crippen LogP contribution in [0.2, 0.25) is 5.02 Å². The minimum atomic E-state index is -3.61. The number of nitrogens with one attached hydrogen (secondary N) is 1. The summed E-state index contributed by atoms with van der Waals surface area (Å²) in [7, 11) is -0.699. The molecule has 7 nitrogen and oxygen atoms in total. The number of nitrogens with zero attached hydrogens (tertiary/aromatic N) is 3. The van der Waals surface area contributed by atoms with Crippen molar-refractivity contribution in [3.8, 4) is 0 Å². The number of rotatable bonds is 5. The SMILES string of the molecule is Cc1nn(CC(=O)Nc2ccc(Cl)cc2)c(C)c1S(=O)(=O)N(C)C. The Labute approximate surface area is 146 Å². The van der Waals surface area contributed by atoms with E-state index in [9.17, 15) is 13.2 Å². The van der Waals surface area contributed by atoms with Gasteiger partial charge >= 0.3 is 0 Å². The third kappa shape index (κ3) is 3.77. The van der Waals surface area contributed by atoms with Crippen LogP contribution in [0.1, 0.15) is 11.4 Å². The van der Waals surface area contributed by atoms with Crippen molar-refractivity contribution in [1.82, 2.24) is 14.1 Å². The number of halogens is 1. The predicted octanol–water partition coefficient (Wildman–Crippen LogP) is 2.04. The van der Waals surface area contributed by atoms with Gasteiger partial charge in [-0.2, -0.15) is 5.10 Å². The molecule has 2 aromatic rings. The van der Waals surface area contributed by atoms with Gasteiger partial charge in [0.05, 0.1) is 11.4 Å². The van der Waals surface area contributed by atoms with Gasteiger partial charge in [0.1, 0.15) is 11.4 Å². The number of carbonyl (C=O) groups excluding carboxylic acids is 1. The molecule has 0 bridgehead atoms. The highest BCUT2D eigenvalue weighted by Crippen LogP contribution is 2.22. The average molecular weight is 371 g/mol. The highest BCUT2D eigenvalue weighted by molar-refractivity contribution is 7.89. The number of aryl methyl sites for hydroxylation is 1. The van der Waals surface area contributed by atoms with Crippen molar-refractivity contribution in [2.24, 2.45) is 0 Å². The Morgan fingerprint density at radius 1 is 1.25 bits per heavy atom. The lowest BCUT2D eigenvalue weighted by atomic mass is 10.3. The lowest BCUT2D eigenvalue weighted by molar-refractivity contribution is -0.116. The van der Waals surface area contributed by atoms with E-state index in [0.29, 0.717) is 22.1 Å². The highest BCUT2D eigenvalue weighted by Gasteiger charge is 2.27. The van der Waals surface area contributed by atoms with Crippen LogP contribution in [-0.2, 0) is 21.4 Å². The van der Waals surface area contributed by atoms with Crippen LogP contribution in [0.4, 0.5) is 5.69 Å². The summed E-state index contributed by atoms with van der Waals surface area (Å²) in [5.74, 6) is -0.309. The molecule has 0 atom stereocenters. The molecule has 1 aromatic heterocycles. The second-order valence-corrected chi connectivity index (χ2v) is 8.03. The molecule has 1 N–H and O–H groups in total. The van der Waals surface area contributed by atoms with Gasteiger partial charge in [0, 0.05) is 24.8 Å². The van der Waals surface area contributed by atoms with Crippen LogP contribution < -0.4 is 5.32 Å². The highest BCUT2D eigenvalue weighted by atomic mass is 35.5. The zero-order valence-electron chi connectivity index (χ0n) is 13.9. The fourth-order valence-electron chi connectivity index (χ4n) is 2.26. The van der Waals surface area contributed by atoms with E-state index in [4.69, 9.17) is 11.6 Å². The molecule has 0 radical (unpaired) electrons. The summed E-state index contributed by atoms with van der Waals surface area (Å²) >= 11 is 5.80. The molecule has 0 aliphatic carbocycles. The van der Waals surface area contributed by atoms with Crippen LogP contribution in [0.5, 0.6) is 0 Å². The predicted molar refractivity (Wildman–Crippen MR) is 92.7 cm³/mol. The number of sulfonamides is 1. The quantitative estimate of drug-likeness (QED) is 0.872. The summed E-state index contributed by atoms with van der Waals surface area (Å²) < 4.78 is 27.2. The molecule has 9 heteroatoms. The topological polar surface area (TPSA) is 84.3 Å². The Hall–Kier alpha value is -1.90. The van der Waals surface area contributed by atoms with Crippen LogP contribution >= 0.6 is 11.6 Å². The van der Waals surface area contributed by atoms with Gasteiger partial charge in [0.15, 0.2) is 0 Å². The minimum Gasteiger partial charge on any atom is -0.324 e. The van der Waals surface area contributed by atoms with Crippen LogP contribution in [0.3, 0.4) is 0 Å². The maximum absolute atomic E-state index is 12.4. The first-order valence-corrected chi connectivity index (χ1v) is 8.96. The van der Waals surface area contributed by atoms with E-state index < -0.39 is 10.0 Å². The summed E-state index contributed by atoms with van der Waals surface area (Å²) in [6.45, 7) is 3.15. The third-order valence-corrected chi connectivity index (χ3v) is 5.80. The Morgan fingerprint density at radius 3 is 2.38 bits per heavy atom. The van der Waals surface area contributed by atoms with E-state index in [0.717, 1.165) is 4.31 Å². The zero-order valence-corrected chi connectivity index (χ0v) is 15.4. The first kappa shape index (κ1) is 18.4. The standard InChI is InChI=1S/C15H19ClN4O3S/c1-10-15(24(22,23)19(3)4)11(2)20(18-10)9-14(21)17-13-7-5-12(16)6-8-13/h5-8H,9H2,1-4H3,(H,17,21). The minimum absolute atomic E-state index is 0.0851. The number of benzene rings is 1. The summed E-state index contributed by atoms with van der Waals surface area (Å²) in [4.78, 5) is 12.3. The zero-order chi connectivity index (χ0) is 18.1. The Morgan fingerprint density at radius 2 is 1.83 bits per heavy atom. The molecular weight excluding hydrogens is 352 g/mol. The molecule has 24 heavy (non-hydrogen) atoms. The van der Waals surface area contributed by atoms with Gasteiger partial charge in [-0.1, -0.05) is 11.6 Å². The second-order valence-electron chi connectivity index (χ2n) is 5.50. The van der Waals surface area contributed by atoms with Gasteiger partial charge in [0.25, 0.3) is 0 Å². The molecule has 0 fully saturated rings. The van der Waals surface area contributed by atoms with Gasteiger partial charge in [-0.05, 0) is 38.1 Å². The van der Waals surface area contributed by atoms with Gasteiger partial charge in [0.2, 0.25) is 15.9 Å². The summed E-state index contributed by atoms with van der Waals surface area (Å²) in [5.41, 5.74) is 1.39. The van der Waals surface area contributed by atoms with Crippen LogP contribution in [0.15, 0.2) is 29.2 Å². The Kier molecular flexibility index (Phi) is 5.32. The number of amides is 1. The van der Waals surface area contributed by atoms with Gasteiger partial charge in [-0.15, -0.1) is 0 Å². The van der Waals surface area contributed by atoms with E-state index in [1.165, 1.54) is 18.8 Å². The largest absolute Gasteiger partial charge is 0.324 e. The molecule has 0 unspecified atom stereocenters. The molecule has 1 heterocycles. The maximum atomic E-state index is 12.4. The molecule has 1 amide bonds. The fraction of sp³-hybridized carbons (Fsp3) is 0.333. The van der Waals surface area contributed by atoms with Crippen LogP contribution in [-0.4, -0.2) is 42.5 Å². The fourth-order valence-corrected chi connectivity index (χ4v) is 3.64. The molecular formula is C15H19ClN4O3S. The summed E-state index contributed by atoms with van der Waals surface area (Å²) in [5, 5.41) is 7.47. The van der Waals surface area contributed by atoms with Crippen molar-refractivity contribution < 1.29 is 13.2 Å². The third-order valence-electron chi connectivity index (χ3n) is 3.48. The number of anilines is 1. The van der Waals surface area contributed by atoms with Crippen molar-refractivity contribution in [3.63, 3.8) is 0 Å². The molecule has 1 aromatic carbocycles. The van der Waals surface area contributed by atoms with Gasteiger partial charge in [-0.3, -0.25) is 9.48 Å². The second kappa shape index (κ2) is 6.92. The maximum Gasteiger partial charge on any atom is 0.246 e. The monoisotopic (exact) mass is 370 g/mol. The Bertz CT molecular complexity index is 858. The van der Waals surface area contributed by atoms with Crippen molar-refractivity contribution in [2.45, 2.75) is 25.3 Å². The van der Waals surface area contributed by atoms with E-state index in [1.807, 2.05) is 0 Å².